The van der Waals surface area contributed by atoms with Crippen molar-refractivity contribution in [2.75, 3.05) is 30.3 Å². The summed E-state index contributed by atoms with van der Waals surface area (Å²) < 4.78 is 0. The van der Waals surface area contributed by atoms with E-state index in [1.807, 2.05) is 19.1 Å². The van der Waals surface area contributed by atoms with Crippen LogP contribution in [0.1, 0.15) is 40.2 Å². The summed E-state index contributed by atoms with van der Waals surface area (Å²) in [6.45, 7) is 4.83. The minimum atomic E-state index is -0.122. The highest BCUT2D eigenvalue weighted by Crippen LogP contribution is 2.32. The standard InChI is InChI=1S/C22H26N4OS/c1-15-5-10-18-19(23)20(28-22(18)25-15)21(27)24-12-11-16-6-8-17(9-7-16)26-13-3-2-4-14-26/h5-10H,2-4,11-14,23H2,1H3,(H,24,27). The number of anilines is 2. The minimum absolute atomic E-state index is 0.122. The molecular formula is C22H26N4OS. The number of thiophene rings is 1. The predicted octanol–water partition coefficient (Wildman–Crippen LogP) is 4.15. The Balaban J connectivity index is 1.34. The van der Waals surface area contributed by atoms with Gasteiger partial charge in [-0.05, 0) is 62.4 Å². The number of benzene rings is 1. The average Bonchev–Trinajstić information content (AvgIpc) is 3.05. The molecule has 1 amide bonds. The molecule has 5 nitrogen and oxygen atoms in total. The van der Waals surface area contributed by atoms with Crippen LogP contribution in [0.15, 0.2) is 36.4 Å². The first-order valence-electron chi connectivity index (χ1n) is 9.89. The Morgan fingerprint density at radius 1 is 1.14 bits per heavy atom. The van der Waals surface area contributed by atoms with Crippen molar-refractivity contribution in [2.24, 2.45) is 0 Å². The summed E-state index contributed by atoms with van der Waals surface area (Å²) in [7, 11) is 0. The van der Waals surface area contributed by atoms with Crippen LogP contribution in [0.3, 0.4) is 0 Å². The molecule has 28 heavy (non-hydrogen) atoms. The van der Waals surface area contributed by atoms with Crippen molar-refractivity contribution in [3.8, 4) is 0 Å². The summed E-state index contributed by atoms with van der Waals surface area (Å²) in [5.41, 5.74) is 10.1. The number of aryl methyl sites for hydroxylation is 1. The molecule has 3 heterocycles. The molecule has 0 atom stereocenters. The number of hydrogen-bond acceptors (Lipinski definition) is 5. The van der Waals surface area contributed by atoms with Crippen LogP contribution in [0.2, 0.25) is 0 Å². The van der Waals surface area contributed by atoms with Gasteiger partial charge in [-0.1, -0.05) is 12.1 Å². The third-order valence-electron chi connectivity index (χ3n) is 5.30. The zero-order chi connectivity index (χ0) is 19.5. The summed E-state index contributed by atoms with van der Waals surface area (Å²) in [5, 5.41) is 3.85. The average molecular weight is 395 g/mol. The number of nitrogens with two attached hydrogens (primary N) is 1. The summed E-state index contributed by atoms with van der Waals surface area (Å²) in [6, 6.07) is 12.6. The molecule has 1 aliphatic heterocycles. The molecule has 0 radical (unpaired) electrons. The molecule has 146 valence electrons. The van der Waals surface area contributed by atoms with Crippen LogP contribution in [0.5, 0.6) is 0 Å². The van der Waals surface area contributed by atoms with Gasteiger partial charge in [0.05, 0.1) is 5.69 Å². The van der Waals surface area contributed by atoms with Crippen molar-refractivity contribution in [1.29, 1.82) is 0 Å². The van der Waals surface area contributed by atoms with Gasteiger partial charge in [0, 0.05) is 36.4 Å². The van der Waals surface area contributed by atoms with Crippen LogP contribution in [-0.4, -0.2) is 30.5 Å². The Labute approximate surface area is 169 Å². The molecule has 1 saturated heterocycles. The summed E-state index contributed by atoms with van der Waals surface area (Å²) in [6.07, 6.45) is 4.70. The molecule has 0 saturated carbocycles. The van der Waals surface area contributed by atoms with E-state index in [9.17, 15) is 4.79 Å². The van der Waals surface area contributed by atoms with Crippen molar-refractivity contribution >= 4 is 38.8 Å². The molecule has 1 aromatic carbocycles. The molecule has 4 rings (SSSR count). The number of piperidine rings is 1. The van der Waals surface area contributed by atoms with Gasteiger partial charge < -0.3 is 16.0 Å². The van der Waals surface area contributed by atoms with Gasteiger partial charge in [0.15, 0.2) is 0 Å². The molecule has 2 aromatic heterocycles. The van der Waals surface area contributed by atoms with Crippen LogP contribution in [0.4, 0.5) is 11.4 Å². The highest BCUT2D eigenvalue weighted by molar-refractivity contribution is 7.21. The highest BCUT2D eigenvalue weighted by atomic mass is 32.1. The van der Waals surface area contributed by atoms with Crippen LogP contribution in [0.25, 0.3) is 10.2 Å². The van der Waals surface area contributed by atoms with E-state index in [1.54, 1.807) is 0 Å². The number of fused-ring (bicyclic) bond motifs is 1. The fourth-order valence-corrected chi connectivity index (χ4v) is 4.74. The molecule has 0 bridgehead atoms. The molecule has 0 aliphatic carbocycles. The normalized spacial score (nSPS) is 14.4. The van der Waals surface area contributed by atoms with E-state index in [2.05, 4.69) is 39.5 Å². The number of pyridine rings is 1. The zero-order valence-corrected chi connectivity index (χ0v) is 17.0. The summed E-state index contributed by atoms with van der Waals surface area (Å²) in [5.74, 6) is -0.122. The molecule has 0 spiro atoms. The Morgan fingerprint density at radius 3 is 2.64 bits per heavy atom. The second-order valence-corrected chi connectivity index (χ2v) is 8.37. The van der Waals surface area contributed by atoms with Gasteiger partial charge >= 0.3 is 0 Å². The second-order valence-electron chi connectivity index (χ2n) is 7.37. The lowest BCUT2D eigenvalue weighted by molar-refractivity contribution is 0.0959. The second kappa shape index (κ2) is 8.19. The van der Waals surface area contributed by atoms with Gasteiger partial charge in [-0.15, -0.1) is 11.3 Å². The van der Waals surface area contributed by atoms with E-state index in [0.717, 1.165) is 35.4 Å². The SMILES string of the molecule is Cc1ccc2c(N)c(C(=O)NCCc3ccc(N4CCCCC4)cc3)sc2n1. The van der Waals surface area contributed by atoms with Gasteiger partial charge in [-0.2, -0.15) is 0 Å². The van der Waals surface area contributed by atoms with E-state index >= 15 is 0 Å². The number of rotatable bonds is 5. The first kappa shape index (κ1) is 18.7. The number of hydrogen-bond donors (Lipinski definition) is 2. The van der Waals surface area contributed by atoms with E-state index in [0.29, 0.717) is 17.1 Å². The third-order valence-corrected chi connectivity index (χ3v) is 6.41. The van der Waals surface area contributed by atoms with Crippen molar-refractivity contribution < 1.29 is 4.79 Å². The van der Waals surface area contributed by atoms with Crippen LogP contribution in [-0.2, 0) is 6.42 Å². The lowest BCUT2D eigenvalue weighted by Gasteiger charge is -2.28. The van der Waals surface area contributed by atoms with Crippen molar-refractivity contribution in [3.05, 3.63) is 52.5 Å². The maximum Gasteiger partial charge on any atom is 0.263 e. The Hall–Kier alpha value is -2.60. The van der Waals surface area contributed by atoms with Crippen molar-refractivity contribution in [1.82, 2.24) is 10.3 Å². The molecule has 3 aromatic rings. The maximum absolute atomic E-state index is 12.6. The molecule has 1 aliphatic rings. The molecular weight excluding hydrogens is 368 g/mol. The highest BCUT2D eigenvalue weighted by Gasteiger charge is 2.17. The Morgan fingerprint density at radius 2 is 1.89 bits per heavy atom. The lowest BCUT2D eigenvalue weighted by Crippen LogP contribution is -2.29. The number of amides is 1. The molecule has 0 unspecified atom stereocenters. The number of nitrogen functional groups attached to an aromatic ring is 1. The smallest absolute Gasteiger partial charge is 0.263 e. The van der Waals surface area contributed by atoms with Gasteiger partial charge in [-0.3, -0.25) is 4.79 Å². The fraction of sp³-hybridized carbons (Fsp3) is 0.364. The van der Waals surface area contributed by atoms with Crippen LogP contribution >= 0.6 is 11.3 Å². The summed E-state index contributed by atoms with van der Waals surface area (Å²) in [4.78, 5) is 20.8. The van der Waals surface area contributed by atoms with E-state index in [-0.39, 0.29) is 5.91 Å². The van der Waals surface area contributed by atoms with Gasteiger partial charge in [0.25, 0.3) is 5.91 Å². The van der Waals surface area contributed by atoms with Gasteiger partial charge in [0.1, 0.15) is 9.71 Å². The summed E-state index contributed by atoms with van der Waals surface area (Å²) >= 11 is 1.36. The van der Waals surface area contributed by atoms with Crippen LogP contribution < -0.4 is 16.0 Å². The number of carbonyl (C=O) groups is 1. The fourth-order valence-electron chi connectivity index (χ4n) is 3.68. The minimum Gasteiger partial charge on any atom is -0.397 e. The first-order valence-corrected chi connectivity index (χ1v) is 10.7. The third kappa shape index (κ3) is 3.97. The van der Waals surface area contributed by atoms with Gasteiger partial charge in [-0.25, -0.2) is 4.98 Å². The molecule has 3 N–H and O–H groups in total. The predicted molar refractivity (Wildman–Crippen MR) is 117 cm³/mol. The quantitative estimate of drug-likeness (QED) is 0.682. The Kier molecular flexibility index (Phi) is 5.48. The monoisotopic (exact) mass is 394 g/mol. The first-order chi connectivity index (χ1) is 13.6. The lowest BCUT2D eigenvalue weighted by atomic mass is 10.1. The van der Waals surface area contributed by atoms with Crippen molar-refractivity contribution in [2.45, 2.75) is 32.6 Å². The van der Waals surface area contributed by atoms with E-state index in [1.165, 1.54) is 41.9 Å². The molecule has 6 heteroatoms. The Bertz CT molecular complexity index is 974. The topological polar surface area (TPSA) is 71.2 Å². The number of nitrogens with one attached hydrogen (secondary N) is 1. The van der Waals surface area contributed by atoms with Gasteiger partial charge in [0.2, 0.25) is 0 Å². The zero-order valence-electron chi connectivity index (χ0n) is 16.2. The maximum atomic E-state index is 12.6. The number of aromatic nitrogens is 1. The largest absolute Gasteiger partial charge is 0.397 e. The molecule has 1 fully saturated rings. The number of nitrogens with zero attached hydrogens (tertiary/aromatic N) is 2. The van der Waals surface area contributed by atoms with Crippen molar-refractivity contribution in [3.63, 3.8) is 0 Å². The number of carbonyl (C=O) groups excluding carboxylic acids is 1. The van der Waals surface area contributed by atoms with E-state index < -0.39 is 0 Å². The van der Waals surface area contributed by atoms with E-state index in [4.69, 9.17) is 5.73 Å². The van der Waals surface area contributed by atoms with Crippen LogP contribution in [0, 0.1) is 6.92 Å².